The van der Waals surface area contributed by atoms with Gasteiger partial charge in [0.25, 0.3) is 0 Å². The fraction of sp³-hybridized carbons (Fsp3) is 0.571. The van der Waals surface area contributed by atoms with Crippen molar-refractivity contribution in [2.75, 3.05) is 0 Å². The predicted octanol–water partition coefficient (Wildman–Crippen LogP) is 2.74. The van der Waals surface area contributed by atoms with Crippen molar-refractivity contribution >= 4 is 0 Å². The molecule has 2 nitrogen and oxygen atoms in total. The van der Waals surface area contributed by atoms with E-state index in [-0.39, 0.29) is 5.41 Å². The molecule has 1 aromatic carbocycles. The molecule has 2 N–H and O–H groups in total. The first-order chi connectivity index (χ1) is 7.21. The molecule has 2 unspecified atom stereocenters. The van der Waals surface area contributed by atoms with Gasteiger partial charge in [0.15, 0.2) is 0 Å². The number of aliphatic hydroxyl groups excluding tert-OH is 2. The van der Waals surface area contributed by atoms with Crippen LogP contribution in [0.1, 0.15) is 43.6 Å². The van der Waals surface area contributed by atoms with Crippen molar-refractivity contribution in [1.29, 1.82) is 0 Å². The summed E-state index contributed by atoms with van der Waals surface area (Å²) in [5, 5.41) is 20.2. The molecule has 1 aromatic rings. The maximum absolute atomic E-state index is 10.1. The second kappa shape index (κ2) is 4.56. The molecule has 90 valence electrons. The Morgan fingerprint density at radius 3 is 1.75 bits per heavy atom. The van der Waals surface area contributed by atoms with Crippen LogP contribution in [-0.2, 0) is 0 Å². The van der Waals surface area contributed by atoms with E-state index in [1.54, 1.807) is 0 Å². The van der Waals surface area contributed by atoms with E-state index in [1.165, 1.54) is 0 Å². The van der Waals surface area contributed by atoms with Gasteiger partial charge in [0.05, 0.1) is 6.10 Å². The van der Waals surface area contributed by atoms with E-state index < -0.39 is 12.2 Å². The summed E-state index contributed by atoms with van der Waals surface area (Å²) in [7, 11) is 0. The number of aryl methyl sites for hydroxylation is 2. The molecule has 0 heterocycles. The standard InChI is InChI=1S/C14H22O2/c1-9-6-10(2)8-11(7-9)12(15)13(16)14(3,4)5/h6-8,12-13,15-16H,1-5H3. The molecule has 0 radical (unpaired) electrons. The Labute approximate surface area is 97.9 Å². The van der Waals surface area contributed by atoms with Gasteiger partial charge < -0.3 is 10.2 Å². The van der Waals surface area contributed by atoms with Gasteiger partial charge in [-0.1, -0.05) is 50.1 Å². The minimum Gasteiger partial charge on any atom is -0.390 e. The highest BCUT2D eigenvalue weighted by molar-refractivity contribution is 5.30. The molecule has 0 amide bonds. The first-order valence-electron chi connectivity index (χ1n) is 5.66. The van der Waals surface area contributed by atoms with Crippen LogP contribution < -0.4 is 0 Å². The molecular weight excluding hydrogens is 200 g/mol. The Bertz CT molecular complexity index is 343. The second-order valence-corrected chi connectivity index (χ2v) is 5.68. The molecule has 0 bridgehead atoms. The van der Waals surface area contributed by atoms with Gasteiger partial charge >= 0.3 is 0 Å². The molecule has 16 heavy (non-hydrogen) atoms. The molecule has 0 aliphatic rings. The van der Waals surface area contributed by atoms with Crippen molar-refractivity contribution in [3.63, 3.8) is 0 Å². The Balaban J connectivity index is 3.00. The summed E-state index contributed by atoms with van der Waals surface area (Å²) in [6.45, 7) is 9.75. The lowest BCUT2D eigenvalue weighted by Gasteiger charge is -2.30. The molecule has 1 rings (SSSR count). The van der Waals surface area contributed by atoms with E-state index in [0.29, 0.717) is 0 Å². The molecule has 0 aliphatic heterocycles. The van der Waals surface area contributed by atoms with Crippen LogP contribution in [0.2, 0.25) is 0 Å². The number of hydrogen-bond acceptors (Lipinski definition) is 2. The van der Waals surface area contributed by atoms with Gasteiger partial charge in [0.2, 0.25) is 0 Å². The third-order valence-corrected chi connectivity index (χ3v) is 2.77. The first-order valence-corrected chi connectivity index (χ1v) is 5.66. The molecule has 0 saturated heterocycles. The van der Waals surface area contributed by atoms with Crippen molar-refractivity contribution in [3.05, 3.63) is 34.9 Å². The Morgan fingerprint density at radius 1 is 0.938 bits per heavy atom. The third kappa shape index (κ3) is 3.06. The lowest BCUT2D eigenvalue weighted by molar-refractivity contribution is -0.0458. The van der Waals surface area contributed by atoms with Crippen LogP contribution in [0.4, 0.5) is 0 Å². The Morgan fingerprint density at radius 2 is 1.38 bits per heavy atom. The summed E-state index contributed by atoms with van der Waals surface area (Å²) in [5.74, 6) is 0. The zero-order valence-electron chi connectivity index (χ0n) is 10.8. The fourth-order valence-corrected chi connectivity index (χ4v) is 1.84. The number of benzene rings is 1. The minimum absolute atomic E-state index is 0.322. The van der Waals surface area contributed by atoms with Gasteiger partial charge in [0.1, 0.15) is 6.10 Å². The van der Waals surface area contributed by atoms with Crippen molar-refractivity contribution in [2.45, 2.75) is 46.8 Å². The van der Waals surface area contributed by atoms with Crippen molar-refractivity contribution in [3.8, 4) is 0 Å². The molecule has 0 fully saturated rings. The quantitative estimate of drug-likeness (QED) is 0.807. The zero-order chi connectivity index (χ0) is 12.5. The highest BCUT2D eigenvalue weighted by atomic mass is 16.3. The second-order valence-electron chi connectivity index (χ2n) is 5.68. The number of rotatable bonds is 2. The largest absolute Gasteiger partial charge is 0.390 e. The summed E-state index contributed by atoms with van der Waals surface area (Å²) in [4.78, 5) is 0. The van der Waals surface area contributed by atoms with Gasteiger partial charge in [-0.3, -0.25) is 0 Å². The van der Waals surface area contributed by atoms with Crippen LogP contribution in [0.5, 0.6) is 0 Å². The molecular formula is C14H22O2. The highest BCUT2D eigenvalue weighted by Crippen LogP contribution is 2.30. The molecule has 0 saturated carbocycles. The minimum atomic E-state index is -0.821. The lowest BCUT2D eigenvalue weighted by Crippen LogP contribution is -2.32. The average molecular weight is 222 g/mol. The SMILES string of the molecule is Cc1cc(C)cc(C(O)C(O)C(C)(C)C)c1. The first kappa shape index (κ1) is 13.2. The summed E-state index contributed by atoms with van der Waals surface area (Å²) < 4.78 is 0. The van der Waals surface area contributed by atoms with Gasteiger partial charge in [-0.25, -0.2) is 0 Å². The number of hydrogen-bond donors (Lipinski definition) is 2. The molecule has 0 aromatic heterocycles. The van der Waals surface area contributed by atoms with E-state index in [9.17, 15) is 10.2 Å². The average Bonchev–Trinajstić information content (AvgIpc) is 2.12. The van der Waals surface area contributed by atoms with E-state index >= 15 is 0 Å². The van der Waals surface area contributed by atoms with E-state index in [4.69, 9.17) is 0 Å². The van der Waals surface area contributed by atoms with Crippen LogP contribution in [0.25, 0.3) is 0 Å². The van der Waals surface area contributed by atoms with Crippen LogP contribution in [-0.4, -0.2) is 16.3 Å². The van der Waals surface area contributed by atoms with Crippen LogP contribution >= 0.6 is 0 Å². The topological polar surface area (TPSA) is 40.5 Å². The van der Waals surface area contributed by atoms with Crippen molar-refractivity contribution < 1.29 is 10.2 Å². The van der Waals surface area contributed by atoms with E-state index in [1.807, 2.05) is 46.8 Å². The Kier molecular flexibility index (Phi) is 3.76. The monoisotopic (exact) mass is 222 g/mol. The molecule has 0 spiro atoms. The maximum atomic E-state index is 10.1. The predicted molar refractivity (Wildman–Crippen MR) is 66.3 cm³/mol. The van der Waals surface area contributed by atoms with Gasteiger partial charge in [-0.05, 0) is 24.8 Å². The summed E-state index contributed by atoms with van der Waals surface area (Å²) in [6, 6.07) is 5.90. The van der Waals surface area contributed by atoms with E-state index in [2.05, 4.69) is 6.07 Å². The van der Waals surface area contributed by atoms with Gasteiger partial charge in [0, 0.05) is 0 Å². The Hall–Kier alpha value is -0.860. The normalized spacial score (nSPS) is 15.9. The number of aliphatic hydroxyl groups is 2. The maximum Gasteiger partial charge on any atom is 0.105 e. The van der Waals surface area contributed by atoms with E-state index in [0.717, 1.165) is 16.7 Å². The zero-order valence-corrected chi connectivity index (χ0v) is 10.8. The summed E-state index contributed by atoms with van der Waals surface area (Å²) >= 11 is 0. The van der Waals surface area contributed by atoms with Crippen LogP contribution in [0.15, 0.2) is 18.2 Å². The lowest BCUT2D eigenvalue weighted by atomic mass is 9.83. The molecule has 0 aliphatic carbocycles. The van der Waals surface area contributed by atoms with Crippen molar-refractivity contribution in [1.82, 2.24) is 0 Å². The van der Waals surface area contributed by atoms with Gasteiger partial charge in [-0.15, -0.1) is 0 Å². The van der Waals surface area contributed by atoms with Crippen LogP contribution in [0, 0.1) is 19.3 Å². The highest BCUT2D eigenvalue weighted by Gasteiger charge is 2.30. The summed E-state index contributed by atoms with van der Waals surface area (Å²) in [6.07, 6.45) is -1.58. The fourth-order valence-electron chi connectivity index (χ4n) is 1.84. The molecule has 2 heteroatoms. The van der Waals surface area contributed by atoms with Gasteiger partial charge in [-0.2, -0.15) is 0 Å². The third-order valence-electron chi connectivity index (χ3n) is 2.77. The van der Waals surface area contributed by atoms with Crippen LogP contribution in [0.3, 0.4) is 0 Å². The molecule has 2 atom stereocenters. The van der Waals surface area contributed by atoms with Crippen molar-refractivity contribution in [2.24, 2.45) is 5.41 Å². The summed E-state index contributed by atoms with van der Waals surface area (Å²) in [5.41, 5.74) is 2.68. The smallest absolute Gasteiger partial charge is 0.105 e.